The topological polar surface area (TPSA) is 55.3 Å². The average Bonchev–Trinajstić information content (AvgIpc) is 3.28. The maximum absolute atomic E-state index is 6.19. The Morgan fingerprint density at radius 2 is 1.76 bits per heavy atom. The molecular weight excluding hydrogens is 366 g/mol. The molecule has 1 aromatic rings. The molecule has 1 atom stereocenters. The zero-order valence-corrected chi connectivity index (χ0v) is 18.2. The Balaban J connectivity index is 1.36. The van der Waals surface area contributed by atoms with Crippen molar-refractivity contribution in [3.8, 4) is 11.5 Å². The number of piperidine rings is 1. The van der Waals surface area contributed by atoms with E-state index in [1.165, 1.54) is 25.7 Å². The van der Waals surface area contributed by atoms with Gasteiger partial charge in [-0.05, 0) is 62.8 Å². The largest absolute Gasteiger partial charge is 0.497 e. The van der Waals surface area contributed by atoms with Crippen molar-refractivity contribution in [1.82, 2.24) is 10.2 Å². The number of nitrogens with zero attached hydrogens (tertiary/aromatic N) is 2. The van der Waals surface area contributed by atoms with Crippen LogP contribution in [-0.2, 0) is 4.74 Å². The zero-order valence-electron chi connectivity index (χ0n) is 18.2. The van der Waals surface area contributed by atoms with Crippen molar-refractivity contribution < 1.29 is 14.2 Å². The Bertz CT molecular complexity index is 621. The van der Waals surface area contributed by atoms with Crippen LogP contribution in [0.5, 0.6) is 11.5 Å². The molecule has 0 amide bonds. The normalized spacial score (nSPS) is 20.0. The van der Waals surface area contributed by atoms with Gasteiger partial charge in [0, 0.05) is 26.7 Å². The molecule has 1 N–H and O–H groups in total. The van der Waals surface area contributed by atoms with Crippen LogP contribution in [0.4, 0.5) is 0 Å². The first-order chi connectivity index (χ1) is 14.2. The number of hydrogen-bond donors (Lipinski definition) is 1. The summed E-state index contributed by atoms with van der Waals surface area (Å²) in [6.07, 6.45) is 8.06. The van der Waals surface area contributed by atoms with Gasteiger partial charge in [0.2, 0.25) is 0 Å². The summed E-state index contributed by atoms with van der Waals surface area (Å²) in [5.41, 5.74) is 0. The number of guanidine groups is 1. The third-order valence-electron chi connectivity index (χ3n) is 5.94. The highest BCUT2D eigenvalue weighted by Crippen LogP contribution is 2.26. The van der Waals surface area contributed by atoms with Gasteiger partial charge in [0.25, 0.3) is 0 Å². The number of methoxy groups -OCH3 is 1. The summed E-state index contributed by atoms with van der Waals surface area (Å²) >= 11 is 0. The van der Waals surface area contributed by atoms with Gasteiger partial charge in [-0.2, -0.15) is 0 Å². The predicted molar refractivity (Wildman–Crippen MR) is 117 cm³/mol. The van der Waals surface area contributed by atoms with E-state index in [1.54, 1.807) is 7.11 Å². The number of nitrogens with one attached hydrogen (secondary N) is 1. The minimum absolute atomic E-state index is 0.0347. The minimum Gasteiger partial charge on any atom is -0.497 e. The van der Waals surface area contributed by atoms with Crippen molar-refractivity contribution in [3.63, 3.8) is 0 Å². The van der Waals surface area contributed by atoms with Crippen LogP contribution in [0.3, 0.4) is 0 Å². The second kappa shape index (κ2) is 11.3. The van der Waals surface area contributed by atoms with Gasteiger partial charge >= 0.3 is 0 Å². The molecule has 1 aromatic carbocycles. The first-order valence-corrected chi connectivity index (χ1v) is 11.1. The second-order valence-electron chi connectivity index (χ2n) is 8.20. The highest BCUT2D eigenvalue weighted by molar-refractivity contribution is 5.80. The monoisotopic (exact) mass is 403 g/mol. The molecule has 162 valence electrons. The quantitative estimate of drug-likeness (QED) is 0.530. The fourth-order valence-electron chi connectivity index (χ4n) is 4.18. The molecule has 1 saturated heterocycles. The molecule has 1 aliphatic heterocycles. The summed E-state index contributed by atoms with van der Waals surface area (Å²) in [7, 11) is 3.51. The third kappa shape index (κ3) is 6.81. The fraction of sp³-hybridized carbons (Fsp3) is 0.696. The smallest absolute Gasteiger partial charge is 0.193 e. The molecule has 29 heavy (non-hydrogen) atoms. The molecule has 0 aromatic heterocycles. The molecule has 0 bridgehead atoms. The second-order valence-corrected chi connectivity index (χ2v) is 8.20. The fourth-order valence-corrected chi connectivity index (χ4v) is 4.18. The van der Waals surface area contributed by atoms with Gasteiger partial charge in [-0.15, -0.1) is 0 Å². The van der Waals surface area contributed by atoms with Gasteiger partial charge in [-0.3, -0.25) is 4.99 Å². The van der Waals surface area contributed by atoms with Gasteiger partial charge in [-0.25, -0.2) is 0 Å². The number of hydrogen-bond acceptors (Lipinski definition) is 4. The van der Waals surface area contributed by atoms with Crippen molar-refractivity contribution in [2.75, 3.05) is 40.4 Å². The summed E-state index contributed by atoms with van der Waals surface area (Å²) in [6.45, 7) is 5.70. The van der Waals surface area contributed by atoms with Crippen LogP contribution in [0.15, 0.2) is 29.3 Å². The Labute approximate surface area is 175 Å². The molecule has 1 unspecified atom stereocenters. The van der Waals surface area contributed by atoms with Crippen LogP contribution in [0.1, 0.15) is 45.4 Å². The lowest BCUT2D eigenvalue weighted by molar-refractivity contribution is 0.000961. The van der Waals surface area contributed by atoms with Gasteiger partial charge < -0.3 is 24.4 Å². The number of rotatable bonds is 8. The molecule has 1 heterocycles. The van der Waals surface area contributed by atoms with Crippen molar-refractivity contribution in [3.05, 3.63) is 24.3 Å². The van der Waals surface area contributed by atoms with E-state index in [1.807, 2.05) is 31.3 Å². The number of aliphatic imine (C=N–C) groups is 1. The molecule has 1 aliphatic carbocycles. The molecule has 6 heteroatoms. The van der Waals surface area contributed by atoms with Crippen LogP contribution < -0.4 is 14.8 Å². The van der Waals surface area contributed by atoms with Crippen molar-refractivity contribution in [1.29, 1.82) is 0 Å². The van der Waals surface area contributed by atoms with Crippen LogP contribution in [0.2, 0.25) is 0 Å². The molecule has 2 fully saturated rings. The van der Waals surface area contributed by atoms with Gasteiger partial charge in [-0.1, -0.05) is 12.8 Å². The van der Waals surface area contributed by atoms with E-state index in [9.17, 15) is 0 Å². The highest BCUT2D eigenvalue weighted by Gasteiger charge is 2.24. The molecular formula is C23H37N3O3. The SMILES string of the molecule is CN=C(NCC(C)Oc1ccc(OC)cc1)N1CCC(OCC2CCCC2)CC1. The Morgan fingerprint density at radius 1 is 1.10 bits per heavy atom. The van der Waals surface area contributed by atoms with Crippen molar-refractivity contribution in [2.24, 2.45) is 10.9 Å². The lowest BCUT2D eigenvalue weighted by Gasteiger charge is -2.34. The van der Waals surface area contributed by atoms with E-state index in [0.29, 0.717) is 12.6 Å². The van der Waals surface area contributed by atoms with Crippen LogP contribution in [0, 0.1) is 5.92 Å². The summed E-state index contributed by atoms with van der Waals surface area (Å²) in [5.74, 6) is 3.42. The lowest BCUT2D eigenvalue weighted by Crippen LogP contribution is -2.48. The van der Waals surface area contributed by atoms with E-state index in [-0.39, 0.29) is 6.10 Å². The first kappa shape index (κ1) is 21.8. The van der Waals surface area contributed by atoms with Gasteiger partial charge in [0.05, 0.1) is 19.8 Å². The van der Waals surface area contributed by atoms with E-state index in [4.69, 9.17) is 14.2 Å². The molecule has 0 radical (unpaired) electrons. The molecule has 2 aliphatic rings. The lowest BCUT2D eigenvalue weighted by atomic mass is 10.1. The van der Waals surface area contributed by atoms with Crippen molar-refractivity contribution >= 4 is 5.96 Å². The van der Waals surface area contributed by atoms with E-state index in [2.05, 4.69) is 22.1 Å². The van der Waals surface area contributed by atoms with Crippen molar-refractivity contribution in [2.45, 2.75) is 57.7 Å². The van der Waals surface area contributed by atoms with Crippen LogP contribution in [0.25, 0.3) is 0 Å². The third-order valence-corrected chi connectivity index (χ3v) is 5.94. The number of benzene rings is 1. The maximum Gasteiger partial charge on any atom is 0.193 e. The van der Waals surface area contributed by atoms with E-state index in [0.717, 1.165) is 55.9 Å². The van der Waals surface area contributed by atoms with Crippen LogP contribution >= 0.6 is 0 Å². The molecule has 0 spiro atoms. The molecule has 1 saturated carbocycles. The Morgan fingerprint density at radius 3 is 2.38 bits per heavy atom. The highest BCUT2D eigenvalue weighted by atomic mass is 16.5. The van der Waals surface area contributed by atoms with E-state index >= 15 is 0 Å². The summed E-state index contributed by atoms with van der Waals surface area (Å²) in [4.78, 5) is 6.79. The molecule has 3 rings (SSSR count). The van der Waals surface area contributed by atoms with Crippen LogP contribution in [-0.4, -0.2) is 63.5 Å². The zero-order chi connectivity index (χ0) is 20.5. The first-order valence-electron chi connectivity index (χ1n) is 11.1. The van der Waals surface area contributed by atoms with Gasteiger partial charge in [0.15, 0.2) is 5.96 Å². The average molecular weight is 404 g/mol. The van der Waals surface area contributed by atoms with E-state index < -0.39 is 0 Å². The minimum atomic E-state index is 0.0347. The van der Waals surface area contributed by atoms with Gasteiger partial charge in [0.1, 0.15) is 17.6 Å². The Hall–Kier alpha value is -1.95. The number of ether oxygens (including phenoxy) is 3. The predicted octanol–water partition coefficient (Wildman–Crippen LogP) is 3.71. The summed E-state index contributed by atoms with van der Waals surface area (Å²) < 4.78 is 17.4. The summed E-state index contributed by atoms with van der Waals surface area (Å²) in [5, 5.41) is 3.46. The standard InChI is InChI=1S/C23H37N3O3/c1-18(29-22-10-8-20(27-3)9-11-22)16-25-23(24-2)26-14-12-21(13-15-26)28-17-19-6-4-5-7-19/h8-11,18-19,21H,4-7,12-17H2,1-3H3,(H,24,25). The maximum atomic E-state index is 6.19. The number of likely N-dealkylation sites (tertiary alicyclic amines) is 1. The Kier molecular flexibility index (Phi) is 8.47. The summed E-state index contributed by atoms with van der Waals surface area (Å²) in [6, 6.07) is 7.68. The molecule has 6 nitrogen and oxygen atoms in total.